The van der Waals surface area contributed by atoms with Crippen LogP contribution >= 0.6 is 0 Å². The predicted molar refractivity (Wildman–Crippen MR) is 72.2 cm³/mol. The molecule has 0 heterocycles. The predicted octanol–water partition coefficient (Wildman–Crippen LogP) is 2.35. The first-order valence-electron chi connectivity index (χ1n) is 6.40. The second-order valence-corrected chi connectivity index (χ2v) is 4.93. The summed E-state index contributed by atoms with van der Waals surface area (Å²) in [6.45, 7) is 4.16. The van der Waals surface area contributed by atoms with Crippen molar-refractivity contribution >= 4 is 12.2 Å². The number of carbonyl (C=O) groups excluding carboxylic acids is 2. The number of rotatable bonds is 7. The number of carbonyl (C=O) groups is 2. The molecular formula is C15H21NO2. The molecule has 0 aliphatic rings. The van der Waals surface area contributed by atoms with E-state index in [1.165, 1.54) is 0 Å². The van der Waals surface area contributed by atoms with E-state index in [0.717, 1.165) is 18.3 Å². The minimum atomic E-state index is -0.424. The largest absolute Gasteiger partial charge is 0.346 e. The van der Waals surface area contributed by atoms with Crippen LogP contribution in [0.2, 0.25) is 0 Å². The molecule has 0 spiro atoms. The second-order valence-electron chi connectivity index (χ2n) is 4.93. The standard InChI is InChI=1S/C15H21NO2/c1-12(2)8-9-15(18)16-14(11-17)10-13-6-4-3-5-7-13/h3-7,11-12,14H,8-10H2,1-2H3,(H,16,18). The molecule has 3 nitrogen and oxygen atoms in total. The van der Waals surface area contributed by atoms with Gasteiger partial charge in [0.25, 0.3) is 0 Å². The summed E-state index contributed by atoms with van der Waals surface area (Å²) in [5.41, 5.74) is 1.05. The second kappa shape index (κ2) is 7.64. The van der Waals surface area contributed by atoms with Crippen LogP contribution in [-0.4, -0.2) is 18.2 Å². The quantitative estimate of drug-likeness (QED) is 0.752. The van der Waals surface area contributed by atoms with Gasteiger partial charge < -0.3 is 10.1 Å². The van der Waals surface area contributed by atoms with Gasteiger partial charge in [0.1, 0.15) is 6.29 Å². The molecule has 0 saturated carbocycles. The van der Waals surface area contributed by atoms with Gasteiger partial charge in [-0.15, -0.1) is 0 Å². The maximum Gasteiger partial charge on any atom is 0.220 e. The lowest BCUT2D eigenvalue weighted by Gasteiger charge is -2.13. The normalized spacial score (nSPS) is 12.2. The molecule has 18 heavy (non-hydrogen) atoms. The third kappa shape index (κ3) is 5.62. The monoisotopic (exact) mass is 247 g/mol. The third-order valence-corrected chi connectivity index (χ3v) is 2.76. The Kier molecular flexibility index (Phi) is 6.12. The Morgan fingerprint density at radius 1 is 1.28 bits per heavy atom. The van der Waals surface area contributed by atoms with Crippen molar-refractivity contribution in [3.05, 3.63) is 35.9 Å². The molecule has 1 aromatic rings. The van der Waals surface area contributed by atoms with E-state index in [2.05, 4.69) is 19.2 Å². The van der Waals surface area contributed by atoms with E-state index < -0.39 is 6.04 Å². The maximum atomic E-state index is 11.6. The average molecular weight is 247 g/mol. The fraction of sp³-hybridized carbons (Fsp3) is 0.467. The Balaban J connectivity index is 2.42. The first-order chi connectivity index (χ1) is 8.61. The molecule has 1 N–H and O–H groups in total. The lowest BCUT2D eigenvalue weighted by atomic mass is 10.1. The Morgan fingerprint density at radius 2 is 1.94 bits per heavy atom. The van der Waals surface area contributed by atoms with Crippen LogP contribution in [0.25, 0.3) is 0 Å². The first-order valence-corrected chi connectivity index (χ1v) is 6.40. The van der Waals surface area contributed by atoms with E-state index in [4.69, 9.17) is 0 Å². The van der Waals surface area contributed by atoms with Gasteiger partial charge in [0.05, 0.1) is 6.04 Å². The number of hydrogen-bond donors (Lipinski definition) is 1. The van der Waals surface area contributed by atoms with Gasteiger partial charge in [0.15, 0.2) is 0 Å². The highest BCUT2D eigenvalue weighted by molar-refractivity contribution is 5.79. The molecule has 0 bridgehead atoms. The Morgan fingerprint density at radius 3 is 2.50 bits per heavy atom. The van der Waals surface area contributed by atoms with Crippen molar-refractivity contribution < 1.29 is 9.59 Å². The van der Waals surface area contributed by atoms with Crippen molar-refractivity contribution in [2.24, 2.45) is 5.92 Å². The first kappa shape index (κ1) is 14.4. The minimum absolute atomic E-state index is 0.0447. The van der Waals surface area contributed by atoms with E-state index in [1.54, 1.807) is 0 Å². The molecule has 1 aromatic carbocycles. The summed E-state index contributed by atoms with van der Waals surface area (Å²) in [5.74, 6) is 0.455. The van der Waals surface area contributed by atoms with Gasteiger partial charge in [-0.05, 0) is 24.3 Å². The molecule has 0 radical (unpaired) electrons. The van der Waals surface area contributed by atoms with Crippen LogP contribution in [-0.2, 0) is 16.0 Å². The molecule has 0 aliphatic heterocycles. The van der Waals surface area contributed by atoms with E-state index in [-0.39, 0.29) is 5.91 Å². The van der Waals surface area contributed by atoms with Crippen LogP contribution in [0.5, 0.6) is 0 Å². The van der Waals surface area contributed by atoms with Crippen molar-refractivity contribution in [2.45, 2.75) is 39.2 Å². The molecular weight excluding hydrogens is 226 g/mol. The summed E-state index contributed by atoms with van der Waals surface area (Å²) in [6.07, 6.45) is 2.69. The molecule has 98 valence electrons. The van der Waals surface area contributed by atoms with Gasteiger partial charge in [-0.25, -0.2) is 0 Å². The highest BCUT2D eigenvalue weighted by Gasteiger charge is 2.12. The number of aldehydes is 1. The molecule has 1 unspecified atom stereocenters. The molecule has 0 fully saturated rings. The highest BCUT2D eigenvalue weighted by Crippen LogP contribution is 2.05. The van der Waals surface area contributed by atoms with Crippen LogP contribution in [0.4, 0.5) is 0 Å². The zero-order chi connectivity index (χ0) is 13.4. The van der Waals surface area contributed by atoms with Gasteiger partial charge in [0.2, 0.25) is 5.91 Å². The number of nitrogens with one attached hydrogen (secondary N) is 1. The van der Waals surface area contributed by atoms with E-state index >= 15 is 0 Å². The van der Waals surface area contributed by atoms with Crippen LogP contribution in [0.3, 0.4) is 0 Å². The summed E-state index contributed by atoms with van der Waals surface area (Å²) in [7, 11) is 0. The minimum Gasteiger partial charge on any atom is -0.346 e. The van der Waals surface area contributed by atoms with Crippen LogP contribution in [0, 0.1) is 5.92 Å². The fourth-order valence-electron chi connectivity index (χ4n) is 1.70. The molecule has 1 atom stereocenters. The van der Waals surface area contributed by atoms with Gasteiger partial charge in [-0.2, -0.15) is 0 Å². The van der Waals surface area contributed by atoms with Crippen molar-refractivity contribution in [3.63, 3.8) is 0 Å². The van der Waals surface area contributed by atoms with E-state index in [9.17, 15) is 9.59 Å². The Labute approximate surface area is 109 Å². The van der Waals surface area contributed by atoms with Gasteiger partial charge in [0, 0.05) is 6.42 Å². The SMILES string of the molecule is CC(C)CCC(=O)NC(C=O)Cc1ccccc1. The van der Waals surface area contributed by atoms with Crippen molar-refractivity contribution in [2.75, 3.05) is 0 Å². The Hall–Kier alpha value is -1.64. The number of hydrogen-bond acceptors (Lipinski definition) is 2. The summed E-state index contributed by atoms with van der Waals surface area (Å²) >= 11 is 0. The number of benzene rings is 1. The molecule has 0 aliphatic carbocycles. The zero-order valence-electron chi connectivity index (χ0n) is 11.1. The van der Waals surface area contributed by atoms with E-state index in [1.807, 2.05) is 30.3 Å². The van der Waals surface area contributed by atoms with Crippen molar-refractivity contribution in [1.29, 1.82) is 0 Å². The molecule has 0 saturated heterocycles. The third-order valence-electron chi connectivity index (χ3n) is 2.76. The summed E-state index contributed by atoms with van der Waals surface area (Å²) in [6, 6.07) is 9.27. The highest BCUT2D eigenvalue weighted by atomic mass is 16.2. The number of amides is 1. The van der Waals surface area contributed by atoms with Crippen molar-refractivity contribution in [3.8, 4) is 0 Å². The van der Waals surface area contributed by atoms with Gasteiger partial charge in [-0.3, -0.25) is 4.79 Å². The van der Waals surface area contributed by atoms with Crippen LogP contribution in [0.15, 0.2) is 30.3 Å². The average Bonchev–Trinajstić information content (AvgIpc) is 2.37. The smallest absolute Gasteiger partial charge is 0.220 e. The molecule has 1 rings (SSSR count). The lowest BCUT2D eigenvalue weighted by molar-refractivity contribution is -0.124. The summed E-state index contributed by atoms with van der Waals surface area (Å²) in [4.78, 5) is 22.6. The molecule has 0 aromatic heterocycles. The van der Waals surface area contributed by atoms with Crippen molar-refractivity contribution in [1.82, 2.24) is 5.32 Å². The maximum absolute atomic E-state index is 11.6. The summed E-state index contributed by atoms with van der Waals surface area (Å²) in [5, 5.41) is 2.76. The van der Waals surface area contributed by atoms with Gasteiger partial charge >= 0.3 is 0 Å². The molecule has 1 amide bonds. The van der Waals surface area contributed by atoms with E-state index in [0.29, 0.717) is 18.8 Å². The lowest BCUT2D eigenvalue weighted by Crippen LogP contribution is -2.37. The summed E-state index contributed by atoms with van der Waals surface area (Å²) < 4.78 is 0. The molecule has 3 heteroatoms. The van der Waals surface area contributed by atoms with Gasteiger partial charge in [-0.1, -0.05) is 44.2 Å². The van der Waals surface area contributed by atoms with Crippen LogP contribution < -0.4 is 5.32 Å². The van der Waals surface area contributed by atoms with Crippen LogP contribution in [0.1, 0.15) is 32.3 Å². The topological polar surface area (TPSA) is 46.2 Å². The zero-order valence-corrected chi connectivity index (χ0v) is 11.1. The fourth-order valence-corrected chi connectivity index (χ4v) is 1.70. The Bertz CT molecular complexity index is 373.